The highest BCUT2D eigenvalue weighted by atomic mass is 32.2. The quantitative estimate of drug-likeness (QED) is 0.190. The minimum atomic E-state index is -3.75. The van der Waals surface area contributed by atoms with E-state index in [9.17, 15) is 13.2 Å². The van der Waals surface area contributed by atoms with Crippen LogP contribution >= 0.6 is 0 Å². The number of carbonyl (C=O) groups excluding carboxylic acids is 1. The number of pyridine rings is 2. The van der Waals surface area contributed by atoms with Crippen LogP contribution in [0.25, 0.3) is 44.2 Å². The monoisotopic (exact) mass is 629 g/mol. The number of carbonyl (C=O) groups is 1. The molecular formula is C36H31N5O4S. The molecule has 0 aliphatic carbocycles. The van der Waals surface area contributed by atoms with Crippen molar-refractivity contribution < 1.29 is 17.9 Å². The summed E-state index contributed by atoms with van der Waals surface area (Å²) < 4.78 is 33.2. The molecule has 1 amide bonds. The van der Waals surface area contributed by atoms with Crippen molar-refractivity contribution >= 4 is 43.6 Å². The zero-order valence-electron chi connectivity index (χ0n) is 25.1. The van der Waals surface area contributed by atoms with Crippen molar-refractivity contribution in [2.75, 3.05) is 17.9 Å². The van der Waals surface area contributed by atoms with Gasteiger partial charge in [0.1, 0.15) is 5.65 Å². The van der Waals surface area contributed by atoms with Gasteiger partial charge in [-0.25, -0.2) is 13.4 Å². The van der Waals surface area contributed by atoms with Crippen LogP contribution in [-0.4, -0.2) is 48.3 Å². The molecule has 1 aliphatic rings. The Morgan fingerprint density at radius 3 is 2.52 bits per heavy atom. The van der Waals surface area contributed by atoms with E-state index >= 15 is 0 Å². The Morgan fingerprint density at radius 2 is 1.78 bits per heavy atom. The van der Waals surface area contributed by atoms with Crippen LogP contribution in [0.5, 0.6) is 0 Å². The van der Waals surface area contributed by atoms with Gasteiger partial charge in [0.15, 0.2) is 0 Å². The SMILES string of the molecule is CN(c1ccc2[nH]c3ncc(-c4ccc(C(=O)NCCc5ccccn5)cc4)c(-c4ccccc4)c3c2c1)S(=O)(=O)C1CC=CO1. The second-order valence-electron chi connectivity index (χ2n) is 11.1. The molecule has 6 aromatic rings. The van der Waals surface area contributed by atoms with Gasteiger partial charge in [0.05, 0.1) is 11.9 Å². The first-order valence-electron chi connectivity index (χ1n) is 15.0. The number of aromatic nitrogens is 3. The van der Waals surface area contributed by atoms with Gasteiger partial charge in [-0.3, -0.25) is 14.1 Å². The molecule has 0 fully saturated rings. The molecule has 10 heteroatoms. The first-order valence-corrected chi connectivity index (χ1v) is 16.5. The van der Waals surface area contributed by atoms with E-state index in [2.05, 4.69) is 15.3 Å². The standard InChI is InChI=1S/C36H31N5O4S/c1-41(46(43,44)32-11-7-21-45-32)28-16-17-31-29(22-28)34-33(25-8-3-2-4-9-25)30(23-39-35(34)40-31)24-12-14-26(15-13-24)36(42)38-20-18-27-10-5-6-19-37-27/h2-10,12-17,19,21-23,32H,11,18,20H2,1H3,(H,38,42)(H,39,40). The maximum atomic E-state index is 13.3. The van der Waals surface area contributed by atoms with Gasteiger partial charge >= 0.3 is 0 Å². The second kappa shape index (κ2) is 12.1. The highest BCUT2D eigenvalue weighted by Gasteiger charge is 2.32. The van der Waals surface area contributed by atoms with Crippen molar-refractivity contribution in [3.8, 4) is 22.3 Å². The third-order valence-corrected chi connectivity index (χ3v) is 10.2. The number of nitrogens with zero attached hydrogens (tertiary/aromatic N) is 3. The summed E-state index contributed by atoms with van der Waals surface area (Å²) >= 11 is 0. The van der Waals surface area contributed by atoms with Crippen LogP contribution in [0.2, 0.25) is 0 Å². The smallest absolute Gasteiger partial charge is 0.273 e. The molecule has 1 unspecified atom stereocenters. The van der Waals surface area contributed by atoms with Crippen molar-refractivity contribution in [3.05, 3.63) is 127 Å². The number of anilines is 1. The largest absolute Gasteiger partial charge is 0.480 e. The van der Waals surface area contributed by atoms with Crippen molar-refractivity contribution in [3.63, 3.8) is 0 Å². The molecule has 230 valence electrons. The number of H-pyrrole nitrogens is 1. The maximum absolute atomic E-state index is 13.3. The molecule has 46 heavy (non-hydrogen) atoms. The van der Waals surface area contributed by atoms with E-state index in [-0.39, 0.29) is 5.91 Å². The van der Waals surface area contributed by atoms with Crippen LogP contribution in [-0.2, 0) is 21.2 Å². The van der Waals surface area contributed by atoms with Crippen LogP contribution in [0.1, 0.15) is 22.5 Å². The number of hydrogen-bond donors (Lipinski definition) is 2. The Labute approximate surface area is 266 Å². The van der Waals surface area contributed by atoms with Crippen molar-refractivity contribution in [1.82, 2.24) is 20.3 Å². The van der Waals surface area contributed by atoms with Crippen LogP contribution in [0.15, 0.2) is 116 Å². The summed E-state index contributed by atoms with van der Waals surface area (Å²) in [5.74, 6) is -0.152. The molecule has 0 radical (unpaired) electrons. The molecule has 0 saturated carbocycles. The molecule has 2 N–H and O–H groups in total. The topological polar surface area (TPSA) is 117 Å². The number of aromatic amines is 1. The number of amides is 1. The number of benzene rings is 3. The summed E-state index contributed by atoms with van der Waals surface area (Å²) in [6, 6.07) is 28.8. The van der Waals surface area contributed by atoms with Gasteiger partial charge < -0.3 is 15.0 Å². The maximum Gasteiger partial charge on any atom is 0.273 e. The molecule has 1 atom stereocenters. The average Bonchev–Trinajstić information content (AvgIpc) is 3.78. The third kappa shape index (κ3) is 5.48. The summed E-state index contributed by atoms with van der Waals surface area (Å²) in [6.45, 7) is 0.486. The molecule has 0 bridgehead atoms. The lowest BCUT2D eigenvalue weighted by molar-refractivity contribution is 0.0954. The van der Waals surface area contributed by atoms with Gasteiger partial charge in [-0.15, -0.1) is 0 Å². The van der Waals surface area contributed by atoms with Crippen molar-refractivity contribution in [1.29, 1.82) is 0 Å². The molecule has 3 aromatic heterocycles. The van der Waals surface area contributed by atoms with Gasteiger partial charge in [-0.05, 0) is 59.7 Å². The fourth-order valence-electron chi connectivity index (χ4n) is 5.80. The lowest BCUT2D eigenvalue weighted by atomic mass is 9.92. The van der Waals surface area contributed by atoms with Crippen LogP contribution in [0, 0.1) is 0 Å². The minimum Gasteiger partial charge on any atom is -0.480 e. The molecule has 0 saturated heterocycles. The van der Waals surface area contributed by atoms with Gasteiger partial charge in [0.2, 0.25) is 5.44 Å². The number of rotatable bonds is 9. The van der Waals surface area contributed by atoms with Gasteiger partial charge in [0.25, 0.3) is 15.9 Å². The summed E-state index contributed by atoms with van der Waals surface area (Å²) in [6.07, 6.45) is 7.68. The number of hydrogen-bond acceptors (Lipinski definition) is 6. The van der Waals surface area contributed by atoms with E-state index in [0.29, 0.717) is 36.3 Å². The number of sulfonamides is 1. The van der Waals surface area contributed by atoms with E-state index in [0.717, 1.165) is 44.2 Å². The van der Waals surface area contributed by atoms with Crippen LogP contribution in [0.4, 0.5) is 5.69 Å². The predicted octanol–water partition coefficient (Wildman–Crippen LogP) is 6.44. The Morgan fingerprint density at radius 1 is 0.978 bits per heavy atom. The summed E-state index contributed by atoms with van der Waals surface area (Å²) in [7, 11) is -2.21. The van der Waals surface area contributed by atoms with Crippen LogP contribution in [0.3, 0.4) is 0 Å². The van der Waals surface area contributed by atoms with Gasteiger partial charge in [-0.1, -0.05) is 48.5 Å². The molecule has 3 aromatic carbocycles. The van der Waals surface area contributed by atoms with Gasteiger partial charge in [0, 0.05) is 77.5 Å². The Kier molecular flexibility index (Phi) is 7.71. The number of fused-ring (bicyclic) bond motifs is 3. The van der Waals surface area contributed by atoms with E-state index in [1.807, 2.05) is 91.1 Å². The predicted molar refractivity (Wildman–Crippen MR) is 181 cm³/mol. The minimum absolute atomic E-state index is 0.152. The zero-order valence-corrected chi connectivity index (χ0v) is 25.9. The molecule has 9 nitrogen and oxygen atoms in total. The Balaban J connectivity index is 1.26. The molecular weight excluding hydrogens is 598 g/mol. The fraction of sp³-hybridized carbons (Fsp3) is 0.139. The Bertz CT molecular complexity index is 2170. The van der Waals surface area contributed by atoms with E-state index in [1.54, 1.807) is 25.4 Å². The first kappa shape index (κ1) is 29.2. The summed E-state index contributed by atoms with van der Waals surface area (Å²) in [5.41, 5.74) is 6.30. The highest BCUT2D eigenvalue weighted by molar-refractivity contribution is 7.93. The zero-order chi connectivity index (χ0) is 31.7. The average molecular weight is 630 g/mol. The van der Waals surface area contributed by atoms with E-state index in [1.165, 1.54) is 10.6 Å². The molecule has 7 rings (SSSR count). The van der Waals surface area contributed by atoms with E-state index < -0.39 is 15.5 Å². The molecule has 1 aliphatic heterocycles. The van der Waals surface area contributed by atoms with Crippen LogP contribution < -0.4 is 9.62 Å². The summed E-state index contributed by atoms with van der Waals surface area (Å²) in [4.78, 5) is 25.4. The normalized spacial score (nSPS) is 14.4. The second-order valence-corrected chi connectivity index (χ2v) is 13.2. The lowest BCUT2D eigenvalue weighted by Crippen LogP contribution is -2.35. The molecule has 0 spiro atoms. The fourth-order valence-corrected chi connectivity index (χ4v) is 7.12. The van der Waals surface area contributed by atoms with Crippen molar-refractivity contribution in [2.45, 2.75) is 18.3 Å². The van der Waals surface area contributed by atoms with Crippen molar-refractivity contribution in [2.24, 2.45) is 0 Å². The lowest BCUT2D eigenvalue weighted by Gasteiger charge is -2.23. The highest BCUT2D eigenvalue weighted by Crippen LogP contribution is 2.41. The third-order valence-electron chi connectivity index (χ3n) is 8.25. The van der Waals surface area contributed by atoms with Gasteiger partial charge in [-0.2, -0.15) is 0 Å². The summed E-state index contributed by atoms with van der Waals surface area (Å²) in [5, 5.41) is 4.69. The number of ether oxygens (including phenoxy) is 1. The molecule has 4 heterocycles. The first-order chi connectivity index (χ1) is 22.4. The number of nitrogens with one attached hydrogen (secondary N) is 2. The Hall–Kier alpha value is -5.48. The van der Waals surface area contributed by atoms with E-state index in [4.69, 9.17) is 9.72 Å².